The van der Waals surface area contributed by atoms with Crippen LogP contribution in [0.5, 0.6) is 5.75 Å². The average Bonchev–Trinajstić information content (AvgIpc) is 3.61. The highest BCUT2D eigenvalue weighted by molar-refractivity contribution is 7.18. The second kappa shape index (κ2) is 9.70. The molecule has 0 spiro atoms. The van der Waals surface area contributed by atoms with E-state index in [1.807, 2.05) is 31.6 Å². The molecule has 0 saturated carbocycles. The van der Waals surface area contributed by atoms with E-state index >= 15 is 4.39 Å². The topological polar surface area (TPSA) is 98.3 Å². The molecule has 1 amide bonds. The summed E-state index contributed by atoms with van der Waals surface area (Å²) < 4.78 is 40.3. The van der Waals surface area contributed by atoms with Gasteiger partial charge in [0.1, 0.15) is 28.8 Å². The van der Waals surface area contributed by atoms with Gasteiger partial charge in [0, 0.05) is 46.6 Å². The highest BCUT2D eigenvalue weighted by atomic mass is 32.1. The standard InChI is InChI=1S/C28H26F2N6O3S/c1-14(2)39-22-8-17(29)7-20(30)23(22)24-26(21-9-18-13-35(28(37)38)15(3)11-36(18)33-21)32-25(16-10-31-34(4)12-16)19-5-6-40-27(19)24/h5-10,12,14-15H,11,13H2,1-4H3,(H,37,38)/t15-/m1/s1. The SMILES string of the molecule is CC(C)Oc1cc(F)cc(F)c1-c1c(-c2cc3n(n2)C[C@@H](C)N(C(=O)O)C3)nc(-c2cnn(C)c2)c2ccsc12. The molecule has 0 unspecified atom stereocenters. The van der Waals surface area contributed by atoms with Crippen molar-refractivity contribution >= 4 is 27.5 Å². The number of hydrogen-bond donors (Lipinski definition) is 1. The Balaban J connectivity index is 1.66. The first-order chi connectivity index (χ1) is 19.1. The molecule has 1 aromatic carbocycles. The zero-order valence-electron chi connectivity index (χ0n) is 22.2. The minimum Gasteiger partial charge on any atom is -0.490 e. The first-order valence-corrected chi connectivity index (χ1v) is 13.6. The number of aromatic nitrogens is 5. The molecule has 0 saturated heterocycles. The molecule has 0 bridgehead atoms. The number of rotatable bonds is 5. The highest BCUT2D eigenvalue weighted by Gasteiger charge is 2.31. The summed E-state index contributed by atoms with van der Waals surface area (Å²) in [5.41, 5.74) is 3.46. The molecule has 1 atom stereocenters. The van der Waals surface area contributed by atoms with Crippen molar-refractivity contribution < 1.29 is 23.4 Å². The number of halogens is 2. The monoisotopic (exact) mass is 564 g/mol. The van der Waals surface area contributed by atoms with Gasteiger partial charge in [-0.15, -0.1) is 11.3 Å². The molecule has 5 aromatic rings. The molecule has 9 nitrogen and oxygen atoms in total. The van der Waals surface area contributed by atoms with Crippen molar-refractivity contribution in [2.75, 3.05) is 0 Å². The minimum absolute atomic E-state index is 0.0639. The predicted molar refractivity (Wildman–Crippen MR) is 147 cm³/mol. The smallest absolute Gasteiger partial charge is 0.407 e. The second-order valence-electron chi connectivity index (χ2n) is 10.1. The Morgan fingerprint density at radius 3 is 2.70 bits per heavy atom. The van der Waals surface area contributed by atoms with E-state index in [2.05, 4.69) is 5.10 Å². The molecular formula is C28H26F2N6O3S. The highest BCUT2D eigenvalue weighted by Crippen LogP contribution is 2.47. The lowest BCUT2D eigenvalue weighted by atomic mass is 9.97. The molecule has 1 aliphatic heterocycles. The minimum atomic E-state index is -1.01. The third-order valence-electron chi connectivity index (χ3n) is 6.87. The van der Waals surface area contributed by atoms with Crippen molar-refractivity contribution in [3.63, 3.8) is 0 Å². The van der Waals surface area contributed by atoms with Crippen LogP contribution in [0, 0.1) is 11.6 Å². The van der Waals surface area contributed by atoms with Gasteiger partial charge in [-0.2, -0.15) is 10.2 Å². The molecule has 5 heterocycles. The second-order valence-corrected chi connectivity index (χ2v) is 11.1. The fraction of sp³-hybridized carbons (Fsp3) is 0.286. The van der Waals surface area contributed by atoms with E-state index in [9.17, 15) is 14.3 Å². The lowest BCUT2D eigenvalue weighted by molar-refractivity contribution is 0.105. The summed E-state index contributed by atoms with van der Waals surface area (Å²) in [5, 5.41) is 21.4. The van der Waals surface area contributed by atoms with Gasteiger partial charge in [-0.05, 0) is 38.3 Å². The lowest BCUT2D eigenvalue weighted by Crippen LogP contribution is -2.44. The Labute approximate surface area is 232 Å². The number of thiophene rings is 1. The summed E-state index contributed by atoms with van der Waals surface area (Å²) in [6, 6.07) is 5.44. The van der Waals surface area contributed by atoms with Crippen LogP contribution in [0.3, 0.4) is 0 Å². The fourth-order valence-corrected chi connectivity index (χ4v) is 6.09. The van der Waals surface area contributed by atoms with Crippen LogP contribution in [-0.4, -0.2) is 52.8 Å². The lowest BCUT2D eigenvalue weighted by Gasteiger charge is -2.31. The van der Waals surface area contributed by atoms with Gasteiger partial charge in [-0.3, -0.25) is 14.3 Å². The quantitative estimate of drug-likeness (QED) is 0.274. The maximum Gasteiger partial charge on any atom is 0.407 e. The van der Waals surface area contributed by atoms with Gasteiger partial charge in [0.05, 0.1) is 48.4 Å². The van der Waals surface area contributed by atoms with E-state index in [0.29, 0.717) is 34.9 Å². The van der Waals surface area contributed by atoms with Gasteiger partial charge in [0.2, 0.25) is 0 Å². The summed E-state index contributed by atoms with van der Waals surface area (Å²) in [6.07, 6.45) is 2.20. The van der Waals surface area contributed by atoms with Crippen molar-refractivity contribution in [2.24, 2.45) is 7.05 Å². The Kier molecular flexibility index (Phi) is 6.29. The molecule has 6 rings (SSSR count). The number of aryl methyl sites for hydroxylation is 1. The Morgan fingerprint density at radius 2 is 2.00 bits per heavy atom. The molecule has 4 aromatic heterocycles. The molecule has 12 heteroatoms. The van der Waals surface area contributed by atoms with Crippen LogP contribution in [0.4, 0.5) is 13.6 Å². The third kappa shape index (κ3) is 4.37. The van der Waals surface area contributed by atoms with Gasteiger partial charge in [0.15, 0.2) is 0 Å². The maximum atomic E-state index is 15.8. The number of carbonyl (C=O) groups is 1. The van der Waals surface area contributed by atoms with E-state index in [1.165, 1.54) is 22.3 Å². The first-order valence-electron chi connectivity index (χ1n) is 12.7. The molecule has 0 radical (unpaired) electrons. The Morgan fingerprint density at radius 1 is 1.20 bits per heavy atom. The summed E-state index contributed by atoms with van der Waals surface area (Å²) in [7, 11) is 1.81. The summed E-state index contributed by atoms with van der Waals surface area (Å²) in [4.78, 5) is 18.2. The van der Waals surface area contributed by atoms with Crippen LogP contribution < -0.4 is 4.74 Å². The fourth-order valence-electron chi connectivity index (χ4n) is 5.14. The summed E-state index contributed by atoms with van der Waals surface area (Å²) >= 11 is 1.41. The van der Waals surface area contributed by atoms with Gasteiger partial charge >= 0.3 is 6.09 Å². The zero-order valence-corrected chi connectivity index (χ0v) is 23.0. The molecule has 1 aliphatic rings. The van der Waals surface area contributed by atoms with Crippen molar-refractivity contribution in [1.82, 2.24) is 29.4 Å². The van der Waals surface area contributed by atoms with Crippen molar-refractivity contribution in [3.05, 3.63) is 59.4 Å². The van der Waals surface area contributed by atoms with Crippen LogP contribution in [0.25, 0.3) is 43.9 Å². The number of hydrogen-bond acceptors (Lipinski definition) is 6. The van der Waals surface area contributed by atoms with Gasteiger partial charge in [-0.25, -0.2) is 18.6 Å². The van der Waals surface area contributed by atoms with Gasteiger partial charge < -0.3 is 9.84 Å². The Hall–Kier alpha value is -4.32. The number of ether oxygens (including phenoxy) is 1. The molecular weight excluding hydrogens is 538 g/mol. The Bertz CT molecular complexity index is 1780. The number of carboxylic acid groups (broad SMARTS) is 1. The number of nitrogens with zero attached hydrogens (tertiary/aromatic N) is 6. The molecule has 206 valence electrons. The van der Waals surface area contributed by atoms with Crippen molar-refractivity contribution in [3.8, 4) is 39.5 Å². The third-order valence-corrected chi connectivity index (χ3v) is 7.80. The van der Waals surface area contributed by atoms with Crippen LogP contribution in [0.15, 0.2) is 42.0 Å². The average molecular weight is 565 g/mol. The molecule has 40 heavy (non-hydrogen) atoms. The number of benzene rings is 1. The van der Waals surface area contributed by atoms with E-state index in [4.69, 9.17) is 14.8 Å². The first kappa shape index (κ1) is 25.9. The molecule has 0 fully saturated rings. The van der Waals surface area contributed by atoms with Crippen molar-refractivity contribution in [1.29, 1.82) is 0 Å². The van der Waals surface area contributed by atoms with Gasteiger partial charge in [-0.1, -0.05) is 0 Å². The number of fused-ring (bicyclic) bond motifs is 2. The van der Waals surface area contributed by atoms with Crippen molar-refractivity contribution in [2.45, 2.75) is 46.0 Å². The van der Waals surface area contributed by atoms with E-state index in [0.717, 1.165) is 21.7 Å². The number of pyridine rings is 1. The molecule has 0 aliphatic carbocycles. The molecule has 1 N–H and O–H groups in total. The van der Waals surface area contributed by atoms with Crippen LogP contribution in [0.1, 0.15) is 26.5 Å². The summed E-state index contributed by atoms with van der Waals surface area (Å²) in [5.74, 6) is -1.47. The van der Waals surface area contributed by atoms with E-state index < -0.39 is 17.7 Å². The predicted octanol–water partition coefficient (Wildman–Crippen LogP) is 6.17. The van der Waals surface area contributed by atoms with E-state index in [-0.39, 0.29) is 30.0 Å². The largest absolute Gasteiger partial charge is 0.490 e. The number of amides is 1. The van der Waals surface area contributed by atoms with E-state index in [1.54, 1.807) is 35.5 Å². The van der Waals surface area contributed by atoms with Crippen LogP contribution in [0.2, 0.25) is 0 Å². The van der Waals surface area contributed by atoms with Crippen LogP contribution in [-0.2, 0) is 20.1 Å². The summed E-state index contributed by atoms with van der Waals surface area (Å²) in [6.45, 7) is 5.92. The van der Waals surface area contributed by atoms with Crippen LogP contribution >= 0.6 is 11.3 Å². The van der Waals surface area contributed by atoms with Gasteiger partial charge in [0.25, 0.3) is 0 Å². The zero-order chi connectivity index (χ0) is 28.3. The normalized spacial score (nSPS) is 15.2. The maximum absolute atomic E-state index is 15.8.